The van der Waals surface area contributed by atoms with Crippen LogP contribution in [-0.4, -0.2) is 23.2 Å². The van der Waals surface area contributed by atoms with Crippen molar-refractivity contribution in [2.45, 2.75) is 25.6 Å². The fourth-order valence-electron chi connectivity index (χ4n) is 2.29. The average molecular weight is 316 g/mol. The van der Waals surface area contributed by atoms with E-state index in [-0.39, 0.29) is 11.8 Å². The Morgan fingerprint density at radius 3 is 2.74 bits per heavy atom. The first-order chi connectivity index (χ1) is 11.1. The van der Waals surface area contributed by atoms with Crippen molar-refractivity contribution in [3.05, 3.63) is 54.1 Å². The van der Waals surface area contributed by atoms with Crippen molar-refractivity contribution in [2.75, 3.05) is 5.32 Å². The zero-order valence-electron chi connectivity index (χ0n) is 12.5. The second-order valence-electron chi connectivity index (χ2n) is 5.37. The molecule has 0 aliphatic carbocycles. The number of carbonyl (C=O) groups excluding carboxylic acids is 1. The quantitative estimate of drug-likeness (QED) is 0.805. The summed E-state index contributed by atoms with van der Waals surface area (Å²) in [6.07, 6.45) is 3.16. The van der Waals surface area contributed by atoms with Crippen molar-refractivity contribution in [1.82, 2.24) is 15.8 Å². The highest BCUT2D eigenvalue weighted by Gasteiger charge is 2.21. The topological polar surface area (TPSA) is 75.3 Å². The van der Waals surface area contributed by atoms with E-state index in [1.807, 2.05) is 0 Å². The molecule has 2 atom stereocenters. The van der Waals surface area contributed by atoms with Crippen molar-refractivity contribution >= 4 is 11.6 Å². The minimum atomic E-state index is -0.654. The molecule has 1 amide bonds. The third-order valence-corrected chi connectivity index (χ3v) is 3.47. The van der Waals surface area contributed by atoms with Gasteiger partial charge in [0.25, 0.3) is 5.91 Å². The van der Waals surface area contributed by atoms with Crippen LogP contribution < -0.4 is 20.9 Å². The van der Waals surface area contributed by atoms with Gasteiger partial charge >= 0.3 is 0 Å². The van der Waals surface area contributed by atoms with E-state index in [0.29, 0.717) is 17.5 Å². The molecule has 0 bridgehead atoms. The standard InChI is InChI=1S/C16H17FN4O2/c1-10-8-15(21-20-10)23-12-4-2-11(3-5-12)19-16(22)13-6-7-18-9-14(13)17/h2-7,9-10,15,20-21H,8H2,1H3,(H,19,22). The van der Waals surface area contributed by atoms with Crippen LogP contribution in [0.1, 0.15) is 23.7 Å². The smallest absolute Gasteiger partial charge is 0.258 e. The highest BCUT2D eigenvalue weighted by molar-refractivity contribution is 6.04. The Morgan fingerprint density at radius 2 is 2.09 bits per heavy atom. The molecule has 0 radical (unpaired) electrons. The summed E-state index contributed by atoms with van der Waals surface area (Å²) in [7, 11) is 0. The number of ether oxygens (including phenoxy) is 1. The third kappa shape index (κ3) is 3.82. The predicted octanol–water partition coefficient (Wildman–Crippen LogP) is 2.06. The molecule has 1 aromatic heterocycles. The number of benzene rings is 1. The summed E-state index contributed by atoms with van der Waals surface area (Å²) in [4.78, 5) is 15.6. The van der Waals surface area contributed by atoms with E-state index in [2.05, 4.69) is 28.1 Å². The summed E-state index contributed by atoms with van der Waals surface area (Å²) in [6, 6.07) is 8.61. The first kappa shape index (κ1) is 15.4. The van der Waals surface area contributed by atoms with Crippen LogP contribution in [0.2, 0.25) is 0 Å². The second-order valence-corrected chi connectivity index (χ2v) is 5.37. The van der Waals surface area contributed by atoms with Crippen LogP contribution in [0, 0.1) is 5.82 Å². The van der Waals surface area contributed by atoms with E-state index in [4.69, 9.17) is 4.74 Å². The zero-order valence-corrected chi connectivity index (χ0v) is 12.5. The summed E-state index contributed by atoms with van der Waals surface area (Å²) in [5.41, 5.74) is 6.63. The number of aromatic nitrogens is 1. The summed E-state index contributed by atoms with van der Waals surface area (Å²) in [5.74, 6) is -0.487. The maximum Gasteiger partial charge on any atom is 0.258 e. The molecular formula is C16H17FN4O2. The molecule has 2 unspecified atom stereocenters. The highest BCUT2D eigenvalue weighted by Crippen LogP contribution is 2.19. The monoisotopic (exact) mass is 316 g/mol. The molecule has 23 heavy (non-hydrogen) atoms. The Kier molecular flexibility index (Phi) is 4.50. The minimum Gasteiger partial charge on any atom is -0.474 e. The number of hydrogen-bond donors (Lipinski definition) is 3. The van der Waals surface area contributed by atoms with E-state index in [1.165, 1.54) is 12.3 Å². The molecule has 7 heteroatoms. The van der Waals surface area contributed by atoms with E-state index in [0.717, 1.165) is 12.6 Å². The van der Waals surface area contributed by atoms with Gasteiger partial charge in [0.15, 0.2) is 12.0 Å². The van der Waals surface area contributed by atoms with Crippen LogP contribution in [0.4, 0.5) is 10.1 Å². The van der Waals surface area contributed by atoms with Crippen LogP contribution in [0.3, 0.4) is 0 Å². The van der Waals surface area contributed by atoms with Gasteiger partial charge in [-0.1, -0.05) is 0 Å². The number of nitrogens with one attached hydrogen (secondary N) is 3. The van der Waals surface area contributed by atoms with Gasteiger partial charge in [0.1, 0.15) is 5.75 Å². The van der Waals surface area contributed by atoms with Gasteiger partial charge in [0.2, 0.25) is 0 Å². The molecule has 1 saturated heterocycles. The van der Waals surface area contributed by atoms with Gasteiger partial charge in [0.05, 0.1) is 11.8 Å². The average Bonchev–Trinajstić information content (AvgIpc) is 2.95. The molecule has 1 aliphatic rings. The first-order valence-corrected chi connectivity index (χ1v) is 7.30. The van der Waals surface area contributed by atoms with Crippen molar-refractivity contribution in [2.24, 2.45) is 0 Å². The Morgan fingerprint density at radius 1 is 1.30 bits per heavy atom. The number of halogens is 1. The molecule has 120 valence electrons. The zero-order chi connectivity index (χ0) is 16.2. The van der Waals surface area contributed by atoms with Crippen LogP contribution in [-0.2, 0) is 0 Å². The van der Waals surface area contributed by atoms with Crippen LogP contribution in [0.25, 0.3) is 0 Å². The molecule has 2 heterocycles. The number of anilines is 1. The van der Waals surface area contributed by atoms with Crippen LogP contribution in [0.5, 0.6) is 5.75 Å². The number of hydrazine groups is 1. The summed E-state index contributed by atoms with van der Waals surface area (Å²) in [6.45, 7) is 2.06. The molecule has 1 aromatic carbocycles. The fraction of sp³-hybridized carbons (Fsp3) is 0.250. The minimum absolute atomic E-state index is 0.0458. The van der Waals surface area contributed by atoms with Crippen molar-refractivity contribution in [3.63, 3.8) is 0 Å². The lowest BCUT2D eigenvalue weighted by atomic mass is 10.2. The Bertz CT molecular complexity index is 693. The van der Waals surface area contributed by atoms with Gasteiger partial charge in [-0.25, -0.2) is 9.82 Å². The van der Waals surface area contributed by atoms with E-state index >= 15 is 0 Å². The molecule has 0 saturated carbocycles. The lowest BCUT2D eigenvalue weighted by Crippen LogP contribution is -2.35. The van der Waals surface area contributed by atoms with Gasteiger partial charge in [-0.2, -0.15) is 0 Å². The first-order valence-electron chi connectivity index (χ1n) is 7.30. The lowest BCUT2D eigenvalue weighted by molar-refractivity contribution is 0.102. The van der Waals surface area contributed by atoms with Gasteiger partial charge < -0.3 is 10.1 Å². The van der Waals surface area contributed by atoms with Crippen molar-refractivity contribution in [3.8, 4) is 5.75 Å². The SMILES string of the molecule is CC1CC(Oc2ccc(NC(=O)c3ccncc3F)cc2)NN1. The normalized spacial score (nSPS) is 20.3. The van der Waals surface area contributed by atoms with E-state index in [9.17, 15) is 9.18 Å². The maximum absolute atomic E-state index is 13.5. The molecule has 1 aliphatic heterocycles. The fourth-order valence-corrected chi connectivity index (χ4v) is 2.29. The van der Waals surface area contributed by atoms with Crippen LogP contribution in [0.15, 0.2) is 42.7 Å². The summed E-state index contributed by atoms with van der Waals surface area (Å²) < 4.78 is 19.3. The number of pyridine rings is 1. The summed E-state index contributed by atoms with van der Waals surface area (Å²) in [5, 5.41) is 2.64. The number of hydrogen-bond acceptors (Lipinski definition) is 5. The lowest BCUT2D eigenvalue weighted by Gasteiger charge is -2.13. The Hall–Kier alpha value is -2.51. The Balaban J connectivity index is 1.61. The van der Waals surface area contributed by atoms with Crippen molar-refractivity contribution in [1.29, 1.82) is 0 Å². The molecule has 1 fully saturated rings. The molecule has 3 N–H and O–H groups in total. The largest absolute Gasteiger partial charge is 0.474 e. The number of amides is 1. The van der Waals surface area contributed by atoms with Gasteiger partial charge in [-0.05, 0) is 37.3 Å². The molecule has 0 spiro atoms. The van der Waals surface area contributed by atoms with Crippen LogP contribution >= 0.6 is 0 Å². The molecule has 2 aromatic rings. The van der Waals surface area contributed by atoms with E-state index < -0.39 is 11.7 Å². The van der Waals surface area contributed by atoms with Gasteiger partial charge in [0, 0.05) is 24.3 Å². The third-order valence-electron chi connectivity index (χ3n) is 3.47. The molecule has 3 rings (SSSR count). The molecular weight excluding hydrogens is 299 g/mol. The second kappa shape index (κ2) is 6.72. The van der Waals surface area contributed by atoms with Crippen molar-refractivity contribution < 1.29 is 13.9 Å². The number of carbonyl (C=O) groups is 1. The van der Waals surface area contributed by atoms with Gasteiger partial charge in [-0.15, -0.1) is 0 Å². The predicted molar refractivity (Wildman–Crippen MR) is 83.4 cm³/mol. The van der Waals surface area contributed by atoms with Gasteiger partial charge in [-0.3, -0.25) is 15.2 Å². The van der Waals surface area contributed by atoms with E-state index in [1.54, 1.807) is 24.3 Å². The summed E-state index contributed by atoms with van der Waals surface area (Å²) >= 11 is 0. The number of nitrogens with zero attached hydrogens (tertiary/aromatic N) is 1. The maximum atomic E-state index is 13.5. The number of rotatable bonds is 4. The Labute approximate surface area is 133 Å². The highest BCUT2D eigenvalue weighted by atomic mass is 19.1. The molecule has 6 nitrogen and oxygen atoms in total.